The van der Waals surface area contributed by atoms with Crippen molar-refractivity contribution in [1.82, 2.24) is 0 Å². The fourth-order valence-electron chi connectivity index (χ4n) is 2.05. The summed E-state index contributed by atoms with van der Waals surface area (Å²) in [5, 5.41) is 0. The van der Waals surface area contributed by atoms with Gasteiger partial charge < -0.3 is 0 Å². The van der Waals surface area contributed by atoms with Crippen molar-refractivity contribution >= 4 is 27.3 Å². The van der Waals surface area contributed by atoms with Crippen molar-refractivity contribution in [2.45, 2.75) is 12.8 Å². The van der Waals surface area contributed by atoms with Gasteiger partial charge in [0, 0.05) is 11.4 Å². The minimum absolute atomic E-state index is 0.0862. The van der Waals surface area contributed by atoms with E-state index in [0.717, 1.165) is 11.1 Å². The van der Waals surface area contributed by atoms with E-state index in [1.165, 1.54) is 0 Å². The molecule has 2 rings (SSSR count). The SMILES string of the molecule is O=S(=O)(CCCCCl)Nc1ccccc1-c1ccccc1. The largest absolute Gasteiger partial charge is 0.283 e. The Kier molecular flexibility index (Phi) is 5.65. The summed E-state index contributed by atoms with van der Waals surface area (Å²) in [6.45, 7) is 0. The summed E-state index contributed by atoms with van der Waals surface area (Å²) >= 11 is 5.58. The van der Waals surface area contributed by atoms with Gasteiger partial charge in [-0.05, 0) is 24.5 Å². The Morgan fingerprint density at radius 3 is 2.29 bits per heavy atom. The van der Waals surface area contributed by atoms with E-state index in [0.29, 0.717) is 24.4 Å². The van der Waals surface area contributed by atoms with Gasteiger partial charge in [-0.15, -0.1) is 11.6 Å². The molecule has 0 saturated heterocycles. The van der Waals surface area contributed by atoms with Crippen LogP contribution in [0.1, 0.15) is 12.8 Å². The third kappa shape index (κ3) is 4.76. The van der Waals surface area contributed by atoms with Gasteiger partial charge in [-0.25, -0.2) is 8.42 Å². The molecular formula is C16H18ClNO2S. The molecule has 0 amide bonds. The van der Waals surface area contributed by atoms with Crippen molar-refractivity contribution in [3.8, 4) is 11.1 Å². The van der Waals surface area contributed by atoms with Crippen molar-refractivity contribution < 1.29 is 8.42 Å². The van der Waals surface area contributed by atoms with Gasteiger partial charge in [0.15, 0.2) is 0 Å². The minimum atomic E-state index is -3.35. The molecule has 3 nitrogen and oxygen atoms in total. The Bertz CT molecular complexity index is 672. The molecule has 0 aliphatic carbocycles. The number of anilines is 1. The Balaban J connectivity index is 2.21. The lowest BCUT2D eigenvalue weighted by molar-refractivity contribution is 0.598. The van der Waals surface area contributed by atoms with E-state index in [4.69, 9.17) is 11.6 Å². The number of unbranched alkanes of at least 4 members (excludes halogenated alkanes) is 1. The number of hydrogen-bond donors (Lipinski definition) is 1. The third-order valence-corrected chi connectivity index (χ3v) is 4.70. The molecule has 0 spiro atoms. The van der Waals surface area contributed by atoms with Gasteiger partial charge in [0.1, 0.15) is 0 Å². The number of para-hydroxylation sites is 1. The van der Waals surface area contributed by atoms with Gasteiger partial charge in [0.05, 0.1) is 11.4 Å². The predicted molar refractivity (Wildman–Crippen MR) is 89.2 cm³/mol. The third-order valence-electron chi connectivity index (χ3n) is 3.07. The number of sulfonamides is 1. The molecule has 0 aromatic heterocycles. The summed E-state index contributed by atoms with van der Waals surface area (Å²) in [7, 11) is -3.35. The molecule has 0 aliphatic heterocycles. The predicted octanol–water partition coefficient (Wildman–Crippen LogP) is 4.11. The Labute approximate surface area is 131 Å². The fraction of sp³-hybridized carbons (Fsp3) is 0.250. The molecule has 2 aromatic rings. The highest BCUT2D eigenvalue weighted by atomic mass is 35.5. The minimum Gasteiger partial charge on any atom is -0.283 e. The van der Waals surface area contributed by atoms with Crippen molar-refractivity contribution in [3.05, 3.63) is 54.6 Å². The van der Waals surface area contributed by atoms with Gasteiger partial charge in [0.25, 0.3) is 0 Å². The lowest BCUT2D eigenvalue weighted by atomic mass is 10.0. The van der Waals surface area contributed by atoms with Crippen molar-refractivity contribution in [2.75, 3.05) is 16.4 Å². The monoisotopic (exact) mass is 323 g/mol. The van der Waals surface area contributed by atoms with Crippen molar-refractivity contribution in [3.63, 3.8) is 0 Å². The van der Waals surface area contributed by atoms with Crippen LogP contribution in [-0.4, -0.2) is 20.1 Å². The number of nitrogens with one attached hydrogen (secondary N) is 1. The zero-order chi connectivity index (χ0) is 15.1. The quantitative estimate of drug-likeness (QED) is 0.615. The van der Waals surface area contributed by atoms with Crippen molar-refractivity contribution in [1.29, 1.82) is 0 Å². The van der Waals surface area contributed by atoms with Crippen LogP contribution >= 0.6 is 11.6 Å². The normalized spacial score (nSPS) is 11.3. The van der Waals surface area contributed by atoms with Crippen LogP contribution in [0.5, 0.6) is 0 Å². The van der Waals surface area contributed by atoms with E-state index in [2.05, 4.69) is 4.72 Å². The highest BCUT2D eigenvalue weighted by molar-refractivity contribution is 7.92. The number of hydrogen-bond acceptors (Lipinski definition) is 2. The molecular weight excluding hydrogens is 306 g/mol. The average molecular weight is 324 g/mol. The lowest BCUT2D eigenvalue weighted by Gasteiger charge is -2.12. The molecule has 0 saturated carbocycles. The first-order valence-electron chi connectivity index (χ1n) is 6.83. The topological polar surface area (TPSA) is 46.2 Å². The molecule has 112 valence electrons. The highest BCUT2D eigenvalue weighted by Gasteiger charge is 2.13. The zero-order valence-corrected chi connectivity index (χ0v) is 13.2. The number of halogens is 1. The summed E-state index contributed by atoms with van der Waals surface area (Å²) in [6, 6.07) is 17.1. The van der Waals surface area contributed by atoms with E-state index < -0.39 is 10.0 Å². The van der Waals surface area contributed by atoms with E-state index in [1.807, 2.05) is 48.5 Å². The second kappa shape index (κ2) is 7.48. The molecule has 0 unspecified atom stereocenters. The van der Waals surface area contributed by atoms with Crippen LogP contribution in [0.2, 0.25) is 0 Å². The first kappa shape index (κ1) is 15.9. The Morgan fingerprint density at radius 1 is 0.905 bits per heavy atom. The van der Waals surface area contributed by atoms with Gasteiger partial charge >= 0.3 is 0 Å². The molecule has 0 heterocycles. The first-order chi connectivity index (χ1) is 10.1. The molecule has 0 radical (unpaired) electrons. The van der Waals surface area contributed by atoms with Gasteiger partial charge in [-0.2, -0.15) is 0 Å². The van der Waals surface area contributed by atoms with E-state index in [1.54, 1.807) is 6.07 Å². The summed E-state index contributed by atoms with van der Waals surface area (Å²) in [5.41, 5.74) is 2.46. The van der Waals surface area contributed by atoms with Gasteiger partial charge in [0.2, 0.25) is 10.0 Å². The summed E-state index contributed by atoms with van der Waals surface area (Å²) in [4.78, 5) is 0. The number of rotatable bonds is 7. The maximum absolute atomic E-state index is 12.1. The van der Waals surface area contributed by atoms with Crippen LogP contribution in [0.25, 0.3) is 11.1 Å². The molecule has 1 N–H and O–H groups in total. The van der Waals surface area contributed by atoms with Crippen LogP contribution in [0.4, 0.5) is 5.69 Å². The smallest absolute Gasteiger partial charge is 0.232 e. The first-order valence-corrected chi connectivity index (χ1v) is 9.02. The summed E-state index contributed by atoms with van der Waals surface area (Å²) < 4.78 is 26.9. The van der Waals surface area contributed by atoms with Crippen LogP contribution < -0.4 is 4.72 Å². The zero-order valence-electron chi connectivity index (χ0n) is 11.6. The molecule has 0 bridgehead atoms. The number of benzene rings is 2. The van der Waals surface area contributed by atoms with Crippen LogP contribution in [0, 0.1) is 0 Å². The average Bonchev–Trinajstić information content (AvgIpc) is 2.48. The van der Waals surface area contributed by atoms with Crippen LogP contribution in [0.3, 0.4) is 0 Å². The van der Waals surface area contributed by atoms with Crippen LogP contribution in [-0.2, 0) is 10.0 Å². The summed E-state index contributed by atoms with van der Waals surface area (Å²) in [5.74, 6) is 0.568. The van der Waals surface area contributed by atoms with E-state index >= 15 is 0 Å². The second-order valence-electron chi connectivity index (χ2n) is 4.73. The Morgan fingerprint density at radius 2 is 1.57 bits per heavy atom. The van der Waals surface area contributed by atoms with Gasteiger partial charge in [-0.1, -0.05) is 48.5 Å². The molecule has 0 fully saturated rings. The molecule has 2 aromatic carbocycles. The maximum Gasteiger partial charge on any atom is 0.232 e. The second-order valence-corrected chi connectivity index (χ2v) is 6.95. The van der Waals surface area contributed by atoms with E-state index in [9.17, 15) is 8.42 Å². The summed E-state index contributed by atoms with van der Waals surface area (Å²) in [6.07, 6.45) is 1.26. The molecule has 21 heavy (non-hydrogen) atoms. The Hall–Kier alpha value is -1.52. The maximum atomic E-state index is 12.1. The lowest BCUT2D eigenvalue weighted by Crippen LogP contribution is -2.17. The molecule has 5 heteroatoms. The van der Waals surface area contributed by atoms with Crippen LogP contribution in [0.15, 0.2) is 54.6 Å². The van der Waals surface area contributed by atoms with Gasteiger partial charge in [-0.3, -0.25) is 4.72 Å². The fourth-order valence-corrected chi connectivity index (χ4v) is 3.43. The standard InChI is InChI=1S/C16H18ClNO2S/c17-12-6-7-13-21(19,20)18-16-11-5-4-10-15(16)14-8-2-1-3-9-14/h1-5,8-11,18H,6-7,12-13H2. The molecule has 0 atom stereocenters. The van der Waals surface area contributed by atoms with E-state index in [-0.39, 0.29) is 5.75 Å². The van der Waals surface area contributed by atoms with Crippen molar-refractivity contribution in [2.24, 2.45) is 0 Å². The number of alkyl halides is 1. The molecule has 0 aliphatic rings. The highest BCUT2D eigenvalue weighted by Crippen LogP contribution is 2.28.